The number of carbonyl (C=O) groups excluding carboxylic acids is 2. The molecule has 0 fully saturated rings. The van der Waals surface area contributed by atoms with E-state index in [1.54, 1.807) is 13.0 Å². The van der Waals surface area contributed by atoms with Gasteiger partial charge in [0, 0.05) is 28.7 Å². The van der Waals surface area contributed by atoms with Crippen LogP contribution in [0.5, 0.6) is 0 Å². The number of amides is 1. The molecule has 0 radical (unpaired) electrons. The first kappa shape index (κ1) is 24.4. The molecule has 0 aliphatic rings. The molecule has 2 aromatic carbocycles. The van der Waals surface area contributed by atoms with E-state index < -0.39 is 21.9 Å². The van der Waals surface area contributed by atoms with Crippen LogP contribution in [0.1, 0.15) is 27.6 Å². The van der Waals surface area contributed by atoms with E-state index >= 15 is 0 Å². The third-order valence-electron chi connectivity index (χ3n) is 4.72. The van der Waals surface area contributed by atoms with Crippen LogP contribution in [0.4, 0.5) is 5.00 Å². The van der Waals surface area contributed by atoms with Crippen molar-refractivity contribution in [3.63, 3.8) is 0 Å². The Labute approximate surface area is 197 Å². The summed E-state index contributed by atoms with van der Waals surface area (Å²) in [6.07, 6.45) is 2.99. The average Bonchev–Trinajstić information content (AvgIpc) is 3.17. The summed E-state index contributed by atoms with van der Waals surface area (Å²) in [5, 5.41) is 3.84. The predicted octanol–water partition coefficient (Wildman–Crippen LogP) is 4.69. The number of nitrogens with one attached hydrogen (secondary N) is 1. The minimum atomic E-state index is -3.77. The quantitative estimate of drug-likeness (QED) is 0.333. The van der Waals surface area contributed by atoms with Crippen molar-refractivity contribution in [3.05, 3.63) is 85.0 Å². The van der Waals surface area contributed by atoms with Crippen LogP contribution in [0.2, 0.25) is 0 Å². The van der Waals surface area contributed by atoms with Crippen molar-refractivity contribution in [2.45, 2.75) is 11.8 Å². The topological polar surface area (TPSA) is 92.8 Å². The summed E-state index contributed by atoms with van der Waals surface area (Å²) in [6, 6.07) is 12.9. The molecule has 1 heterocycles. The van der Waals surface area contributed by atoms with Crippen LogP contribution in [0.25, 0.3) is 10.1 Å². The van der Waals surface area contributed by atoms with Gasteiger partial charge in [-0.2, -0.15) is 4.31 Å². The van der Waals surface area contributed by atoms with Gasteiger partial charge in [-0.15, -0.1) is 24.5 Å². The zero-order valence-electron chi connectivity index (χ0n) is 18.1. The summed E-state index contributed by atoms with van der Waals surface area (Å²) < 4.78 is 32.9. The lowest BCUT2D eigenvalue weighted by atomic mass is 10.1. The van der Waals surface area contributed by atoms with E-state index in [4.69, 9.17) is 4.74 Å². The number of fused-ring (bicyclic) bond motifs is 1. The Balaban J connectivity index is 1.88. The van der Waals surface area contributed by atoms with Crippen LogP contribution in [0, 0.1) is 0 Å². The molecule has 172 valence electrons. The molecule has 0 saturated carbocycles. The lowest BCUT2D eigenvalue weighted by molar-refractivity contribution is 0.0530. The Morgan fingerprint density at radius 1 is 1.06 bits per heavy atom. The highest BCUT2D eigenvalue weighted by Gasteiger charge is 2.24. The van der Waals surface area contributed by atoms with Crippen molar-refractivity contribution in [1.29, 1.82) is 0 Å². The number of sulfonamides is 1. The van der Waals surface area contributed by atoms with Gasteiger partial charge in [-0.3, -0.25) is 4.79 Å². The number of anilines is 1. The van der Waals surface area contributed by atoms with E-state index in [0.717, 1.165) is 4.70 Å². The molecule has 1 aromatic heterocycles. The second-order valence-corrected chi connectivity index (χ2v) is 9.89. The maximum absolute atomic E-state index is 12.9. The predicted molar refractivity (Wildman–Crippen MR) is 131 cm³/mol. The van der Waals surface area contributed by atoms with Gasteiger partial charge in [0.15, 0.2) is 0 Å². The number of nitrogens with zero attached hydrogens (tertiary/aromatic N) is 1. The largest absolute Gasteiger partial charge is 0.462 e. The molecular formula is C24H24N2O5S2. The fourth-order valence-corrected chi connectivity index (χ4v) is 5.67. The van der Waals surface area contributed by atoms with Crippen molar-refractivity contribution in [1.82, 2.24) is 4.31 Å². The SMILES string of the molecule is C=CCN(CC=C)S(=O)(=O)c1ccc(C(=O)Nc2sc3ccccc3c2C(=O)OCC)cc1. The van der Waals surface area contributed by atoms with Crippen LogP contribution >= 0.6 is 11.3 Å². The Morgan fingerprint density at radius 3 is 2.30 bits per heavy atom. The molecule has 1 N–H and O–H groups in total. The molecule has 0 aliphatic heterocycles. The average molecular weight is 485 g/mol. The van der Waals surface area contributed by atoms with Crippen molar-refractivity contribution < 1.29 is 22.7 Å². The third-order valence-corrected chi connectivity index (χ3v) is 7.65. The van der Waals surface area contributed by atoms with Crippen LogP contribution in [-0.2, 0) is 14.8 Å². The molecule has 7 nitrogen and oxygen atoms in total. The molecule has 0 bridgehead atoms. The van der Waals surface area contributed by atoms with Gasteiger partial charge in [0.1, 0.15) is 10.6 Å². The standard InChI is InChI=1S/C24H24N2O5S2/c1-4-15-26(16-5-2)33(29,30)18-13-11-17(12-14-18)22(27)25-23-21(24(28)31-6-3)19-9-7-8-10-20(19)32-23/h4-5,7-14H,1-2,6,15-16H2,3H3,(H,25,27). The van der Waals surface area contributed by atoms with Gasteiger partial charge in [-0.1, -0.05) is 30.4 Å². The molecule has 0 unspecified atom stereocenters. The smallest absolute Gasteiger partial charge is 0.341 e. The van der Waals surface area contributed by atoms with E-state index in [2.05, 4.69) is 18.5 Å². The second-order valence-electron chi connectivity index (χ2n) is 6.90. The number of hydrogen-bond acceptors (Lipinski definition) is 6. The van der Waals surface area contributed by atoms with E-state index in [1.165, 1.54) is 52.1 Å². The lowest BCUT2D eigenvalue weighted by Gasteiger charge is -2.19. The summed E-state index contributed by atoms with van der Waals surface area (Å²) in [7, 11) is -3.77. The zero-order chi connectivity index (χ0) is 24.0. The molecule has 9 heteroatoms. The number of carbonyl (C=O) groups is 2. The molecule has 33 heavy (non-hydrogen) atoms. The van der Waals surface area contributed by atoms with Gasteiger partial charge in [0.25, 0.3) is 5.91 Å². The van der Waals surface area contributed by atoms with Crippen LogP contribution in [-0.4, -0.2) is 44.3 Å². The number of rotatable bonds is 10. The van der Waals surface area contributed by atoms with Crippen molar-refractivity contribution >= 4 is 48.3 Å². The van der Waals surface area contributed by atoms with E-state index in [0.29, 0.717) is 16.0 Å². The highest BCUT2D eigenvalue weighted by Crippen LogP contribution is 2.36. The summed E-state index contributed by atoms with van der Waals surface area (Å²) in [4.78, 5) is 25.5. The molecule has 0 aliphatic carbocycles. The lowest BCUT2D eigenvalue weighted by Crippen LogP contribution is -2.31. The third kappa shape index (κ3) is 5.22. The van der Waals surface area contributed by atoms with Gasteiger partial charge >= 0.3 is 5.97 Å². The monoisotopic (exact) mass is 484 g/mol. The van der Waals surface area contributed by atoms with Gasteiger partial charge in [-0.05, 0) is 37.3 Å². The number of esters is 1. The van der Waals surface area contributed by atoms with Crippen LogP contribution in [0.3, 0.4) is 0 Å². The Kier molecular flexibility index (Phi) is 7.80. The molecule has 3 rings (SSSR count). The van der Waals surface area contributed by atoms with Crippen molar-refractivity contribution in [3.8, 4) is 0 Å². The Morgan fingerprint density at radius 2 is 1.70 bits per heavy atom. The molecule has 3 aromatic rings. The summed E-state index contributed by atoms with van der Waals surface area (Å²) >= 11 is 1.27. The Hall–Kier alpha value is -3.27. The summed E-state index contributed by atoms with van der Waals surface area (Å²) in [5.41, 5.74) is 0.551. The molecular weight excluding hydrogens is 460 g/mol. The van der Waals surface area contributed by atoms with Gasteiger partial charge in [0.05, 0.1) is 11.5 Å². The van der Waals surface area contributed by atoms with E-state index in [-0.39, 0.29) is 30.2 Å². The number of ether oxygens (including phenoxy) is 1. The minimum Gasteiger partial charge on any atom is -0.462 e. The van der Waals surface area contributed by atoms with Gasteiger partial charge in [0.2, 0.25) is 10.0 Å². The molecule has 0 spiro atoms. The van der Waals surface area contributed by atoms with E-state index in [1.807, 2.05) is 18.2 Å². The summed E-state index contributed by atoms with van der Waals surface area (Å²) in [5.74, 6) is -0.985. The maximum atomic E-state index is 12.9. The van der Waals surface area contributed by atoms with E-state index in [9.17, 15) is 18.0 Å². The zero-order valence-corrected chi connectivity index (χ0v) is 19.7. The van der Waals surface area contributed by atoms with Crippen molar-refractivity contribution in [2.75, 3.05) is 25.0 Å². The minimum absolute atomic E-state index is 0.0526. The first-order chi connectivity index (χ1) is 15.8. The Bertz CT molecular complexity index is 1280. The van der Waals surface area contributed by atoms with Crippen LogP contribution in [0.15, 0.2) is 78.7 Å². The summed E-state index contributed by atoms with van der Waals surface area (Å²) in [6.45, 7) is 9.38. The number of benzene rings is 2. The van der Waals surface area contributed by atoms with Crippen LogP contribution < -0.4 is 5.32 Å². The molecule has 0 atom stereocenters. The number of thiophene rings is 1. The highest BCUT2D eigenvalue weighted by molar-refractivity contribution is 7.89. The molecule has 1 amide bonds. The fraction of sp³-hybridized carbons (Fsp3) is 0.167. The molecule has 0 saturated heterocycles. The van der Waals surface area contributed by atoms with Gasteiger partial charge < -0.3 is 10.1 Å². The first-order valence-electron chi connectivity index (χ1n) is 10.2. The normalized spacial score (nSPS) is 11.3. The second kappa shape index (κ2) is 10.6. The maximum Gasteiger partial charge on any atom is 0.341 e. The number of hydrogen-bond donors (Lipinski definition) is 1. The van der Waals surface area contributed by atoms with Crippen molar-refractivity contribution in [2.24, 2.45) is 0 Å². The van der Waals surface area contributed by atoms with Gasteiger partial charge in [-0.25, -0.2) is 13.2 Å². The highest BCUT2D eigenvalue weighted by atomic mass is 32.2. The fourth-order valence-electron chi connectivity index (χ4n) is 3.20. The first-order valence-corrected chi connectivity index (χ1v) is 12.4.